The molecule has 2 unspecified atom stereocenters. The number of piperazine rings is 1. The van der Waals surface area contributed by atoms with Gasteiger partial charge in [0.2, 0.25) is 5.91 Å². The predicted octanol–water partition coefficient (Wildman–Crippen LogP) is 2.83. The SMILES string of the molecule is Cc1ccc(C(=O)CCC(=O)N2CC(C)N(CCCN(C)C)C(C)C2)cc1. The van der Waals surface area contributed by atoms with Crippen LogP contribution >= 0.6 is 0 Å². The lowest BCUT2D eigenvalue weighted by atomic mass is 10.0. The summed E-state index contributed by atoms with van der Waals surface area (Å²) in [6.45, 7) is 10.0. The first-order valence-corrected chi connectivity index (χ1v) is 10.1. The van der Waals surface area contributed by atoms with Crippen molar-refractivity contribution >= 4 is 11.7 Å². The van der Waals surface area contributed by atoms with Crippen LogP contribution in [0.25, 0.3) is 0 Å². The van der Waals surface area contributed by atoms with Gasteiger partial charge in [0.05, 0.1) is 0 Å². The summed E-state index contributed by atoms with van der Waals surface area (Å²) in [5.41, 5.74) is 1.83. The number of hydrogen-bond donors (Lipinski definition) is 0. The molecule has 1 saturated heterocycles. The third kappa shape index (κ3) is 6.43. The highest BCUT2D eigenvalue weighted by Gasteiger charge is 2.31. The van der Waals surface area contributed by atoms with E-state index in [4.69, 9.17) is 0 Å². The molecule has 27 heavy (non-hydrogen) atoms. The van der Waals surface area contributed by atoms with Crippen molar-refractivity contribution < 1.29 is 9.59 Å². The van der Waals surface area contributed by atoms with E-state index < -0.39 is 0 Å². The highest BCUT2D eigenvalue weighted by Crippen LogP contribution is 2.18. The maximum atomic E-state index is 12.6. The molecule has 5 heteroatoms. The van der Waals surface area contributed by atoms with Gasteiger partial charge in [-0.3, -0.25) is 14.5 Å². The van der Waals surface area contributed by atoms with E-state index in [-0.39, 0.29) is 18.1 Å². The fraction of sp³-hybridized carbons (Fsp3) is 0.636. The van der Waals surface area contributed by atoms with Gasteiger partial charge in [0.1, 0.15) is 0 Å². The molecule has 1 amide bonds. The van der Waals surface area contributed by atoms with Gasteiger partial charge in [0.15, 0.2) is 5.78 Å². The summed E-state index contributed by atoms with van der Waals surface area (Å²) in [6, 6.07) is 8.28. The highest BCUT2D eigenvalue weighted by molar-refractivity contribution is 5.98. The second kappa shape index (κ2) is 10.00. The molecule has 0 radical (unpaired) electrons. The van der Waals surface area contributed by atoms with Crippen LogP contribution in [-0.4, -0.2) is 78.7 Å². The van der Waals surface area contributed by atoms with Crippen LogP contribution in [0.3, 0.4) is 0 Å². The molecule has 0 aliphatic carbocycles. The van der Waals surface area contributed by atoms with E-state index >= 15 is 0 Å². The third-order valence-corrected chi connectivity index (χ3v) is 5.42. The van der Waals surface area contributed by atoms with E-state index in [2.05, 4.69) is 37.7 Å². The van der Waals surface area contributed by atoms with Gasteiger partial charge >= 0.3 is 0 Å². The van der Waals surface area contributed by atoms with E-state index in [1.165, 1.54) is 0 Å². The standard InChI is InChI=1S/C22H35N3O2/c1-17-7-9-20(10-8-17)21(26)11-12-22(27)24-15-18(2)25(19(3)16-24)14-6-13-23(4)5/h7-10,18-19H,6,11-16H2,1-5H3. The van der Waals surface area contributed by atoms with Crippen LogP contribution < -0.4 is 0 Å². The molecule has 1 heterocycles. The highest BCUT2D eigenvalue weighted by atomic mass is 16.2. The van der Waals surface area contributed by atoms with Crippen molar-refractivity contribution in [1.29, 1.82) is 0 Å². The van der Waals surface area contributed by atoms with Gasteiger partial charge in [0.25, 0.3) is 0 Å². The Morgan fingerprint density at radius 1 is 1.04 bits per heavy atom. The Balaban J connectivity index is 1.81. The summed E-state index contributed by atoms with van der Waals surface area (Å²) in [7, 11) is 4.20. The number of nitrogens with zero attached hydrogens (tertiary/aromatic N) is 3. The minimum absolute atomic E-state index is 0.0479. The molecule has 0 aromatic heterocycles. The number of benzene rings is 1. The summed E-state index contributed by atoms with van der Waals surface area (Å²) in [5, 5.41) is 0. The molecule has 1 aromatic carbocycles. The van der Waals surface area contributed by atoms with Crippen LogP contribution in [0.5, 0.6) is 0 Å². The molecule has 0 bridgehead atoms. The Kier molecular flexibility index (Phi) is 7.99. The molecule has 1 aliphatic rings. The number of ketones is 1. The van der Waals surface area contributed by atoms with Crippen molar-refractivity contribution in [2.24, 2.45) is 0 Å². The minimum Gasteiger partial charge on any atom is -0.340 e. The molecule has 0 N–H and O–H groups in total. The molecule has 1 aromatic rings. The first-order chi connectivity index (χ1) is 12.8. The maximum absolute atomic E-state index is 12.6. The number of carbonyl (C=O) groups excluding carboxylic acids is 2. The summed E-state index contributed by atoms with van der Waals surface area (Å²) in [6.07, 6.45) is 1.72. The molecule has 0 spiro atoms. The lowest BCUT2D eigenvalue weighted by Gasteiger charge is -2.44. The topological polar surface area (TPSA) is 43.9 Å². The Hall–Kier alpha value is -1.72. The van der Waals surface area contributed by atoms with Gasteiger partial charge in [-0.05, 0) is 47.8 Å². The maximum Gasteiger partial charge on any atom is 0.223 e. The van der Waals surface area contributed by atoms with Crippen molar-refractivity contribution in [2.75, 3.05) is 40.3 Å². The molecular formula is C22H35N3O2. The van der Waals surface area contributed by atoms with E-state index in [0.29, 0.717) is 24.1 Å². The normalized spacial score (nSPS) is 20.9. The Morgan fingerprint density at radius 3 is 2.19 bits per heavy atom. The van der Waals surface area contributed by atoms with Crippen LogP contribution in [0.4, 0.5) is 0 Å². The predicted molar refractivity (Wildman–Crippen MR) is 110 cm³/mol. The lowest BCUT2D eigenvalue weighted by molar-refractivity contribution is -0.135. The number of amides is 1. The van der Waals surface area contributed by atoms with Crippen molar-refractivity contribution in [1.82, 2.24) is 14.7 Å². The van der Waals surface area contributed by atoms with Crippen molar-refractivity contribution in [2.45, 2.75) is 52.1 Å². The first-order valence-electron chi connectivity index (χ1n) is 10.1. The van der Waals surface area contributed by atoms with Crippen molar-refractivity contribution in [3.8, 4) is 0 Å². The van der Waals surface area contributed by atoms with Crippen molar-refractivity contribution in [3.05, 3.63) is 35.4 Å². The Labute approximate surface area is 164 Å². The van der Waals surface area contributed by atoms with Gasteiger partial charge in [-0.1, -0.05) is 29.8 Å². The average Bonchev–Trinajstić information content (AvgIpc) is 2.61. The second-order valence-corrected chi connectivity index (χ2v) is 8.18. The Morgan fingerprint density at radius 2 is 1.63 bits per heavy atom. The van der Waals surface area contributed by atoms with Crippen LogP contribution in [0.1, 0.15) is 49.0 Å². The van der Waals surface area contributed by atoms with Crippen LogP contribution in [-0.2, 0) is 4.79 Å². The number of aryl methyl sites for hydroxylation is 1. The minimum atomic E-state index is 0.0479. The van der Waals surface area contributed by atoms with Gasteiger partial charge in [-0.15, -0.1) is 0 Å². The van der Waals surface area contributed by atoms with Gasteiger partial charge in [-0.25, -0.2) is 0 Å². The number of hydrogen-bond acceptors (Lipinski definition) is 4. The fourth-order valence-electron chi connectivity index (χ4n) is 3.83. The summed E-state index contributed by atoms with van der Waals surface area (Å²) in [5.74, 6) is 0.147. The van der Waals surface area contributed by atoms with E-state index in [1.807, 2.05) is 36.1 Å². The fourth-order valence-corrected chi connectivity index (χ4v) is 3.83. The zero-order valence-electron chi connectivity index (χ0n) is 17.6. The van der Waals surface area contributed by atoms with Crippen molar-refractivity contribution in [3.63, 3.8) is 0 Å². The van der Waals surface area contributed by atoms with Gasteiger partial charge < -0.3 is 9.80 Å². The number of rotatable bonds is 8. The quantitative estimate of drug-likeness (QED) is 0.657. The zero-order chi connectivity index (χ0) is 20.0. The molecule has 1 fully saturated rings. The second-order valence-electron chi connectivity index (χ2n) is 8.18. The lowest BCUT2D eigenvalue weighted by Crippen LogP contribution is -2.58. The third-order valence-electron chi connectivity index (χ3n) is 5.42. The molecule has 2 atom stereocenters. The average molecular weight is 374 g/mol. The monoisotopic (exact) mass is 373 g/mol. The van der Waals surface area contributed by atoms with Crippen LogP contribution in [0.2, 0.25) is 0 Å². The summed E-state index contributed by atoms with van der Waals surface area (Å²) < 4.78 is 0. The van der Waals surface area contributed by atoms with E-state index in [1.54, 1.807) is 0 Å². The molecule has 1 aliphatic heterocycles. The summed E-state index contributed by atoms with van der Waals surface area (Å²) >= 11 is 0. The largest absolute Gasteiger partial charge is 0.340 e. The number of Topliss-reactive ketones (excluding diaryl/α,β-unsaturated/α-hetero) is 1. The van der Waals surface area contributed by atoms with Gasteiger partial charge in [0, 0.05) is 50.1 Å². The van der Waals surface area contributed by atoms with Gasteiger partial charge in [-0.2, -0.15) is 0 Å². The number of carbonyl (C=O) groups is 2. The van der Waals surface area contributed by atoms with E-state index in [9.17, 15) is 9.59 Å². The molecular weight excluding hydrogens is 338 g/mol. The molecule has 5 nitrogen and oxygen atoms in total. The molecule has 2 rings (SSSR count). The Bertz CT molecular complexity index is 615. The molecule has 0 saturated carbocycles. The molecule has 150 valence electrons. The zero-order valence-corrected chi connectivity index (χ0v) is 17.6. The smallest absolute Gasteiger partial charge is 0.223 e. The van der Waals surface area contributed by atoms with Crippen LogP contribution in [0.15, 0.2) is 24.3 Å². The van der Waals surface area contributed by atoms with E-state index in [0.717, 1.165) is 38.2 Å². The van der Waals surface area contributed by atoms with Crippen LogP contribution in [0, 0.1) is 6.92 Å². The summed E-state index contributed by atoms with van der Waals surface area (Å²) in [4.78, 5) is 31.6. The first kappa shape index (κ1) is 21.6.